The third-order valence-electron chi connectivity index (χ3n) is 2.74. The summed E-state index contributed by atoms with van der Waals surface area (Å²) in [6, 6.07) is 3.52. The molecule has 4 rings (SSSR count). The van der Waals surface area contributed by atoms with Gasteiger partial charge in [-0.15, -0.1) is 0 Å². The van der Waals surface area contributed by atoms with Crippen molar-refractivity contribution in [3.63, 3.8) is 0 Å². The molecule has 0 radical (unpaired) electrons. The fourth-order valence-corrected chi connectivity index (χ4v) is 1.97. The molecule has 0 aliphatic carbocycles. The number of hydrogen-bond acceptors (Lipinski definition) is 5. The van der Waals surface area contributed by atoms with E-state index in [2.05, 4.69) is 15.1 Å². The molecule has 2 aromatic heterocycles. The second kappa shape index (κ2) is 2.76. The summed E-state index contributed by atoms with van der Waals surface area (Å²) in [6.07, 6.45) is 1.34. The maximum Gasteiger partial charge on any atom is 0.348 e. The lowest BCUT2D eigenvalue weighted by Gasteiger charge is -2.01. The molecule has 1 N–H and O–H groups in total. The molecule has 0 fully saturated rings. The van der Waals surface area contributed by atoms with Crippen molar-refractivity contribution in [2.75, 3.05) is 6.79 Å². The number of aromatic amines is 1. The minimum Gasteiger partial charge on any atom is -0.454 e. The van der Waals surface area contributed by atoms with E-state index < -0.39 is 0 Å². The molecular formula is C10H6N4O3. The van der Waals surface area contributed by atoms with E-state index in [0.29, 0.717) is 22.7 Å². The number of H-pyrrole nitrogens is 1. The van der Waals surface area contributed by atoms with Gasteiger partial charge in [-0.25, -0.2) is 9.78 Å². The van der Waals surface area contributed by atoms with Crippen molar-refractivity contribution in [2.45, 2.75) is 0 Å². The first-order chi connectivity index (χ1) is 8.33. The van der Waals surface area contributed by atoms with Crippen molar-refractivity contribution in [1.29, 1.82) is 0 Å². The molecule has 3 heterocycles. The van der Waals surface area contributed by atoms with Gasteiger partial charge in [0.2, 0.25) is 6.79 Å². The molecule has 1 aromatic carbocycles. The number of hydrogen-bond donors (Lipinski definition) is 1. The third-order valence-corrected chi connectivity index (χ3v) is 2.74. The summed E-state index contributed by atoms with van der Waals surface area (Å²) < 4.78 is 11.8. The van der Waals surface area contributed by atoms with Crippen molar-refractivity contribution in [3.05, 3.63) is 28.9 Å². The molecule has 0 amide bonds. The standard InChI is InChI=1S/C10H6N4O3/c15-10-13-6-2-8-7(16-4-17-8)1-5(6)9-11-3-12-14(9)10/h1-3H,4H2,(H,13,15). The maximum absolute atomic E-state index is 11.7. The smallest absolute Gasteiger partial charge is 0.348 e. The molecule has 0 saturated carbocycles. The zero-order valence-electron chi connectivity index (χ0n) is 8.51. The van der Waals surface area contributed by atoms with Crippen molar-refractivity contribution in [2.24, 2.45) is 0 Å². The van der Waals surface area contributed by atoms with Crippen LogP contribution in [-0.2, 0) is 0 Å². The molecule has 0 saturated heterocycles. The largest absolute Gasteiger partial charge is 0.454 e. The number of aromatic nitrogens is 4. The first-order valence-corrected chi connectivity index (χ1v) is 4.98. The Balaban J connectivity index is 2.26. The highest BCUT2D eigenvalue weighted by molar-refractivity contribution is 5.93. The summed E-state index contributed by atoms with van der Waals surface area (Å²) in [4.78, 5) is 18.5. The topological polar surface area (TPSA) is 81.5 Å². The van der Waals surface area contributed by atoms with Gasteiger partial charge in [0, 0.05) is 11.5 Å². The van der Waals surface area contributed by atoms with E-state index in [0.717, 1.165) is 5.39 Å². The number of nitrogens with one attached hydrogen (secondary N) is 1. The highest BCUT2D eigenvalue weighted by Crippen LogP contribution is 2.35. The molecule has 0 bridgehead atoms. The van der Waals surface area contributed by atoms with Crippen LogP contribution in [-0.4, -0.2) is 26.4 Å². The van der Waals surface area contributed by atoms with Crippen LogP contribution in [0.2, 0.25) is 0 Å². The van der Waals surface area contributed by atoms with Crippen molar-refractivity contribution >= 4 is 16.6 Å². The Bertz CT molecular complexity index is 804. The highest BCUT2D eigenvalue weighted by Gasteiger charge is 2.17. The molecule has 0 unspecified atom stereocenters. The van der Waals surface area contributed by atoms with Gasteiger partial charge in [0.25, 0.3) is 0 Å². The SMILES string of the molecule is O=c1[nH]c2cc3c(cc2c2ncnn12)OCO3. The summed E-state index contributed by atoms with van der Waals surface area (Å²) in [7, 11) is 0. The summed E-state index contributed by atoms with van der Waals surface area (Å²) in [5.74, 6) is 1.27. The van der Waals surface area contributed by atoms with E-state index in [1.807, 2.05) is 0 Å². The lowest BCUT2D eigenvalue weighted by atomic mass is 10.2. The molecule has 3 aromatic rings. The molecule has 1 aliphatic rings. The van der Waals surface area contributed by atoms with Gasteiger partial charge < -0.3 is 14.5 Å². The van der Waals surface area contributed by atoms with Crippen LogP contribution in [0.1, 0.15) is 0 Å². The Labute approximate surface area is 93.6 Å². The molecule has 7 nitrogen and oxygen atoms in total. The maximum atomic E-state index is 11.7. The number of fused-ring (bicyclic) bond motifs is 4. The zero-order chi connectivity index (χ0) is 11.4. The molecular weight excluding hydrogens is 224 g/mol. The van der Waals surface area contributed by atoms with Gasteiger partial charge in [-0.3, -0.25) is 0 Å². The predicted molar refractivity (Wildman–Crippen MR) is 57.2 cm³/mol. The van der Waals surface area contributed by atoms with Crippen molar-refractivity contribution in [1.82, 2.24) is 19.6 Å². The molecule has 0 spiro atoms. The average molecular weight is 230 g/mol. The van der Waals surface area contributed by atoms with E-state index in [1.165, 1.54) is 10.8 Å². The second-order valence-corrected chi connectivity index (χ2v) is 3.68. The van der Waals surface area contributed by atoms with Gasteiger partial charge in [0.05, 0.1) is 5.52 Å². The minimum absolute atomic E-state index is 0.193. The quantitative estimate of drug-likeness (QED) is 0.600. The van der Waals surface area contributed by atoms with Gasteiger partial charge in [-0.2, -0.15) is 9.61 Å². The van der Waals surface area contributed by atoms with Crippen LogP contribution in [0.3, 0.4) is 0 Å². The van der Waals surface area contributed by atoms with Crippen molar-refractivity contribution in [3.8, 4) is 11.5 Å². The van der Waals surface area contributed by atoms with Crippen molar-refractivity contribution < 1.29 is 9.47 Å². The van der Waals surface area contributed by atoms with Crippen LogP contribution in [0.4, 0.5) is 0 Å². The molecule has 84 valence electrons. The van der Waals surface area contributed by atoms with E-state index in [9.17, 15) is 4.79 Å². The summed E-state index contributed by atoms with van der Waals surface area (Å²) in [5.41, 5.74) is 0.825. The number of ether oxygens (including phenoxy) is 2. The summed E-state index contributed by atoms with van der Waals surface area (Å²) in [5, 5.41) is 4.62. The lowest BCUT2D eigenvalue weighted by molar-refractivity contribution is 0.174. The Hall–Kier alpha value is -2.57. The first-order valence-electron chi connectivity index (χ1n) is 4.98. The van der Waals surface area contributed by atoms with Crippen LogP contribution in [0, 0.1) is 0 Å². The summed E-state index contributed by atoms with van der Waals surface area (Å²) >= 11 is 0. The van der Waals surface area contributed by atoms with Gasteiger partial charge >= 0.3 is 5.69 Å². The Morgan fingerprint density at radius 1 is 1.29 bits per heavy atom. The second-order valence-electron chi connectivity index (χ2n) is 3.68. The van der Waals surface area contributed by atoms with Crippen LogP contribution in [0.15, 0.2) is 23.3 Å². The Morgan fingerprint density at radius 2 is 2.12 bits per heavy atom. The number of benzene rings is 1. The van der Waals surface area contributed by atoms with Gasteiger partial charge in [-0.05, 0) is 6.07 Å². The van der Waals surface area contributed by atoms with Crippen LogP contribution < -0.4 is 15.2 Å². The first kappa shape index (κ1) is 8.57. The summed E-state index contributed by atoms with van der Waals surface area (Å²) in [6.45, 7) is 0.193. The minimum atomic E-state index is -0.330. The van der Waals surface area contributed by atoms with Gasteiger partial charge in [0.1, 0.15) is 6.33 Å². The Kier molecular flexibility index (Phi) is 1.39. The van der Waals surface area contributed by atoms with Crippen LogP contribution >= 0.6 is 0 Å². The van der Waals surface area contributed by atoms with E-state index >= 15 is 0 Å². The zero-order valence-corrected chi connectivity index (χ0v) is 8.51. The highest BCUT2D eigenvalue weighted by atomic mass is 16.7. The molecule has 17 heavy (non-hydrogen) atoms. The fraction of sp³-hybridized carbons (Fsp3) is 0.100. The molecule has 1 aliphatic heterocycles. The number of rotatable bonds is 0. The molecule has 0 atom stereocenters. The number of nitrogens with zero attached hydrogens (tertiary/aromatic N) is 3. The van der Waals surface area contributed by atoms with E-state index in [-0.39, 0.29) is 12.5 Å². The van der Waals surface area contributed by atoms with E-state index in [4.69, 9.17) is 9.47 Å². The molecule has 7 heteroatoms. The monoisotopic (exact) mass is 230 g/mol. The normalized spacial score (nSPS) is 13.6. The Morgan fingerprint density at radius 3 is 3.00 bits per heavy atom. The van der Waals surface area contributed by atoms with E-state index in [1.54, 1.807) is 12.1 Å². The predicted octanol–water partition coefficient (Wildman–Crippen LogP) is 0.299. The lowest BCUT2D eigenvalue weighted by Crippen LogP contribution is -2.17. The fourth-order valence-electron chi connectivity index (χ4n) is 1.97. The van der Waals surface area contributed by atoms with Gasteiger partial charge in [0.15, 0.2) is 17.1 Å². The third kappa shape index (κ3) is 1.02. The van der Waals surface area contributed by atoms with Crippen LogP contribution in [0.25, 0.3) is 16.6 Å². The van der Waals surface area contributed by atoms with Gasteiger partial charge in [-0.1, -0.05) is 0 Å². The van der Waals surface area contributed by atoms with Crippen LogP contribution in [0.5, 0.6) is 11.5 Å². The average Bonchev–Trinajstić information content (AvgIpc) is 2.95.